The van der Waals surface area contributed by atoms with Crippen LogP contribution in [-0.4, -0.2) is 64.4 Å². The molecule has 0 saturated carbocycles. The molecule has 2 aliphatic rings. The number of nitrogens with one attached hydrogen (secondary N) is 1. The summed E-state index contributed by atoms with van der Waals surface area (Å²) in [5, 5.41) is 12.5. The summed E-state index contributed by atoms with van der Waals surface area (Å²) in [6, 6.07) is 10.0. The van der Waals surface area contributed by atoms with Crippen molar-refractivity contribution in [2.45, 2.75) is 96.4 Å². The number of anilines is 1. The topological polar surface area (TPSA) is 129 Å². The predicted molar refractivity (Wildman–Crippen MR) is 173 cm³/mol. The standard InChI is InChI=1S/C35H48N4O6/c40-31-20-19-28(25-37(31)26-32(41)42)38(33(43)27-16-15-21-36-24-27)22-13-9-7-5-3-1-2-4-6-8-10-14-23-39-34(44)29-17-11-12-18-30(29)35(39)45/h11-12,17-20,25,27,36H,1-10,13-16,21-24,26H2,(H,41,42). The summed E-state index contributed by atoms with van der Waals surface area (Å²) in [4.78, 5) is 64.8. The third-order valence-corrected chi connectivity index (χ3v) is 8.89. The molecule has 10 heteroatoms. The van der Waals surface area contributed by atoms with E-state index in [0.29, 0.717) is 36.4 Å². The number of carboxylic acid groups (broad SMARTS) is 1. The Labute approximate surface area is 265 Å². The fourth-order valence-electron chi connectivity index (χ4n) is 6.35. The number of fused-ring (bicyclic) bond motifs is 1. The van der Waals surface area contributed by atoms with Crippen LogP contribution in [0.15, 0.2) is 47.4 Å². The second-order valence-electron chi connectivity index (χ2n) is 12.3. The van der Waals surface area contributed by atoms with Gasteiger partial charge in [0.2, 0.25) is 5.91 Å². The second-order valence-corrected chi connectivity index (χ2v) is 12.3. The molecule has 244 valence electrons. The zero-order valence-corrected chi connectivity index (χ0v) is 26.4. The molecular formula is C35H48N4O6. The molecule has 2 aliphatic heterocycles. The van der Waals surface area contributed by atoms with Gasteiger partial charge in [0, 0.05) is 31.9 Å². The highest BCUT2D eigenvalue weighted by Gasteiger charge is 2.34. The van der Waals surface area contributed by atoms with Crippen LogP contribution in [0.25, 0.3) is 0 Å². The lowest BCUT2D eigenvalue weighted by Crippen LogP contribution is -2.44. The summed E-state index contributed by atoms with van der Waals surface area (Å²) in [7, 11) is 0. The van der Waals surface area contributed by atoms with Crippen LogP contribution in [0.4, 0.5) is 5.69 Å². The van der Waals surface area contributed by atoms with Gasteiger partial charge < -0.3 is 19.9 Å². The van der Waals surface area contributed by atoms with Crippen molar-refractivity contribution in [1.82, 2.24) is 14.8 Å². The van der Waals surface area contributed by atoms with Crippen LogP contribution in [0.3, 0.4) is 0 Å². The van der Waals surface area contributed by atoms with E-state index in [1.165, 1.54) is 49.3 Å². The number of aliphatic carboxylic acids is 1. The Morgan fingerprint density at radius 1 is 0.800 bits per heavy atom. The predicted octanol–water partition coefficient (Wildman–Crippen LogP) is 5.24. The van der Waals surface area contributed by atoms with Crippen molar-refractivity contribution in [2.24, 2.45) is 5.92 Å². The number of amides is 3. The monoisotopic (exact) mass is 620 g/mol. The van der Waals surface area contributed by atoms with Crippen molar-refractivity contribution >= 4 is 29.4 Å². The Bertz CT molecular complexity index is 1330. The van der Waals surface area contributed by atoms with E-state index in [2.05, 4.69) is 5.32 Å². The number of imide groups is 1. The summed E-state index contributed by atoms with van der Waals surface area (Å²) in [6.45, 7) is 2.16. The first-order valence-corrected chi connectivity index (χ1v) is 16.8. The Hall–Kier alpha value is -3.79. The molecule has 2 N–H and O–H groups in total. The first-order chi connectivity index (χ1) is 21.9. The molecule has 1 atom stereocenters. The normalized spacial score (nSPS) is 16.2. The van der Waals surface area contributed by atoms with E-state index >= 15 is 0 Å². The smallest absolute Gasteiger partial charge is 0.323 e. The highest BCUT2D eigenvalue weighted by atomic mass is 16.4. The van der Waals surface area contributed by atoms with E-state index in [0.717, 1.165) is 68.9 Å². The molecule has 0 radical (unpaired) electrons. The van der Waals surface area contributed by atoms with Gasteiger partial charge in [-0.3, -0.25) is 28.9 Å². The molecule has 0 spiro atoms. The van der Waals surface area contributed by atoms with Gasteiger partial charge in [0.05, 0.1) is 22.7 Å². The number of benzene rings is 1. The Morgan fingerprint density at radius 3 is 1.93 bits per heavy atom. The summed E-state index contributed by atoms with van der Waals surface area (Å²) >= 11 is 0. The average Bonchev–Trinajstić information content (AvgIpc) is 3.29. The molecule has 3 amide bonds. The molecule has 1 aromatic carbocycles. The number of piperidine rings is 1. The van der Waals surface area contributed by atoms with E-state index in [-0.39, 0.29) is 23.6 Å². The minimum atomic E-state index is -1.10. The Balaban J connectivity index is 1.07. The Morgan fingerprint density at radius 2 is 1.38 bits per heavy atom. The molecule has 1 fully saturated rings. The number of rotatable bonds is 19. The number of nitrogens with zero attached hydrogens (tertiary/aromatic N) is 3. The van der Waals surface area contributed by atoms with E-state index in [9.17, 15) is 29.1 Å². The maximum atomic E-state index is 13.4. The van der Waals surface area contributed by atoms with Crippen molar-refractivity contribution in [3.8, 4) is 0 Å². The number of carbonyl (C=O) groups excluding carboxylic acids is 3. The van der Waals surface area contributed by atoms with E-state index in [1.54, 1.807) is 35.2 Å². The molecule has 0 aliphatic carbocycles. The number of carbonyl (C=O) groups is 4. The fraction of sp³-hybridized carbons (Fsp3) is 0.571. The minimum absolute atomic E-state index is 0.0336. The van der Waals surface area contributed by atoms with Crippen molar-refractivity contribution in [2.75, 3.05) is 31.1 Å². The van der Waals surface area contributed by atoms with Crippen LogP contribution in [0, 0.1) is 5.92 Å². The number of aromatic nitrogens is 1. The summed E-state index contributed by atoms with van der Waals surface area (Å²) in [5.74, 6) is -1.51. The number of carboxylic acids is 1. The molecule has 1 saturated heterocycles. The zero-order chi connectivity index (χ0) is 32.0. The van der Waals surface area contributed by atoms with Gasteiger partial charge in [-0.2, -0.15) is 0 Å². The van der Waals surface area contributed by atoms with Gasteiger partial charge in [0.15, 0.2) is 0 Å². The molecule has 0 bridgehead atoms. The summed E-state index contributed by atoms with van der Waals surface area (Å²) < 4.78 is 1.15. The maximum Gasteiger partial charge on any atom is 0.323 e. The molecule has 2 aromatic rings. The molecule has 1 aromatic heterocycles. The average molecular weight is 621 g/mol. The van der Waals surface area contributed by atoms with Crippen LogP contribution >= 0.6 is 0 Å². The van der Waals surface area contributed by atoms with Gasteiger partial charge in [-0.15, -0.1) is 0 Å². The summed E-state index contributed by atoms with van der Waals surface area (Å²) in [5.41, 5.74) is 1.22. The van der Waals surface area contributed by atoms with E-state index < -0.39 is 18.1 Å². The second kappa shape index (κ2) is 17.6. The molecule has 3 heterocycles. The lowest BCUT2D eigenvalue weighted by molar-refractivity contribution is -0.137. The minimum Gasteiger partial charge on any atom is -0.480 e. The largest absolute Gasteiger partial charge is 0.480 e. The quantitative estimate of drug-likeness (QED) is 0.162. The molecule has 1 unspecified atom stereocenters. The van der Waals surface area contributed by atoms with Crippen LogP contribution < -0.4 is 15.8 Å². The maximum absolute atomic E-state index is 13.4. The number of unbranched alkanes of at least 4 members (excludes halogenated alkanes) is 11. The van der Waals surface area contributed by atoms with Crippen molar-refractivity contribution < 1.29 is 24.3 Å². The van der Waals surface area contributed by atoms with Crippen LogP contribution in [0.5, 0.6) is 0 Å². The fourth-order valence-corrected chi connectivity index (χ4v) is 6.35. The van der Waals surface area contributed by atoms with Gasteiger partial charge in [-0.05, 0) is 50.4 Å². The first-order valence-electron chi connectivity index (χ1n) is 16.8. The van der Waals surface area contributed by atoms with Crippen LogP contribution in [0.2, 0.25) is 0 Å². The van der Waals surface area contributed by atoms with Gasteiger partial charge in [-0.1, -0.05) is 76.3 Å². The Kier molecular flexibility index (Phi) is 13.4. The SMILES string of the molecule is O=C(O)Cn1cc(N(CCCCCCCCCCCCCCN2C(=O)c3ccccc3C2=O)C(=O)C2CCCNC2)ccc1=O. The lowest BCUT2D eigenvalue weighted by atomic mass is 9.97. The zero-order valence-electron chi connectivity index (χ0n) is 26.4. The van der Waals surface area contributed by atoms with Gasteiger partial charge >= 0.3 is 5.97 Å². The third kappa shape index (κ3) is 9.85. The molecule has 4 rings (SSSR count). The summed E-state index contributed by atoms with van der Waals surface area (Å²) in [6.07, 6.45) is 16.3. The lowest BCUT2D eigenvalue weighted by Gasteiger charge is -2.30. The van der Waals surface area contributed by atoms with Crippen LogP contribution in [-0.2, 0) is 16.1 Å². The van der Waals surface area contributed by atoms with Crippen molar-refractivity contribution in [3.05, 3.63) is 64.1 Å². The van der Waals surface area contributed by atoms with E-state index in [4.69, 9.17) is 0 Å². The van der Waals surface area contributed by atoms with Crippen molar-refractivity contribution in [3.63, 3.8) is 0 Å². The number of pyridine rings is 1. The first kappa shape index (κ1) is 34.1. The highest BCUT2D eigenvalue weighted by molar-refractivity contribution is 6.21. The number of hydrogen-bond acceptors (Lipinski definition) is 6. The van der Waals surface area contributed by atoms with Gasteiger partial charge in [0.1, 0.15) is 6.54 Å². The molecule has 45 heavy (non-hydrogen) atoms. The molecule has 10 nitrogen and oxygen atoms in total. The molecular weight excluding hydrogens is 572 g/mol. The van der Waals surface area contributed by atoms with Crippen LogP contribution in [0.1, 0.15) is 111 Å². The van der Waals surface area contributed by atoms with Crippen molar-refractivity contribution in [1.29, 1.82) is 0 Å². The van der Waals surface area contributed by atoms with E-state index in [1.807, 2.05) is 0 Å². The number of hydrogen-bond donors (Lipinski definition) is 2. The van der Waals surface area contributed by atoms with Gasteiger partial charge in [-0.25, -0.2) is 0 Å². The third-order valence-electron chi connectivity index (χ3n) is 8.89. The highest BCUT2D eigenvalue weighted by Crippen LogP contribution is 2.24. The van der Waals surface area contributed by atoms with Gasteiger partial charge in [0.25, 0.3) is 17.4 Å².